The van der Waals surface area contributed by atoms with E-state index in [0.29, 0.717) is 17.1 Å². The van der Waals surface area contributed by atoms with Crippen LogP contribution in [0.4, 0.5) is 27.4 Å². The van der Waals surface area contributed by atoms with Crippen LogP contribution in [0, 0.1) is 17.1 Å². The summed E-state index contributed by atoms with van der Waals surface area (Å²) in [5.74, 6) is -0.613. The Morgan fingerprint density at radius 1 is 1.27 bits per heavy atom. The molecule has 0 bridgehead atoms. The molecule has 1 aliphatic heterocycles. The first-order valence-electron chi connectivity index (χ1n) is 11.8. The van der Waals surface area contributed by atoms with Crippen molar-refractivity contribution < 1.29 is 13.9 Å². The number of methoxy groups -OCH3 is 1. The third-order valence-corrected chi connectivity index (χ3v) is 7.21. The molecule has 3 aromatic rings. The SMILES string of the molecule is COc1cccc(C#N)c1NC(=O)c1nc(Nc2ccc(N3CCN(C)C4(CC4)C3)c(F)c2)ncc1Cl. The summed E-state index contributed by atoms with van der Waals surface area (Å²) in [5, 5.41) is 15.0. The largest absolute Gasteiger partial charge is 0.495 e. The van der Waals surface area contributed by atoms with Gasteiger partial charge >= 0.3 is 0 Å². The molecule has 2 N–H and O–H groups in total. The number of ether oxygens (including phenoxy) is 1. The fourth-order valence-electron chi connectivity index (χ4n) is 4.61. The summed E-state index contributed by atoms with van der Waals surface area (Å²) < 4.78 is 20.4. The Morgan fingerprint density at radius 2 is 2.08 bits per heavy atom. The number of nitrogens with zero attached hydrogens (tertiary/aromatic N) is 5. The number of halogens is 2. The van der Waals surface area contributed by atoms with Gasteiger partial charge in [-0.05, 0) is 50.2 Å². The van der Waals surface area contributed by atoms with Crippen LogP contribution >= 0.6 is 11.6 Å². The average Bonchev–Trinajstić information content (AvgIpc) is 3.67. The number of nitriles is 1. The number of likely N-dealkylation sites (N-methyl/N-ethyl adjacent to an activating group) is 1. The Hall–Kier alpha value is -3.94. The lowest BCUT2D eigenvalue weighted by Crippen LogP contribution is -2.53. The molecule has 2 heterocycles. The van der Waals surface area contributed by atoms with Crippen LogP contribution in [0.2, 0.25) is 5.02 Å². The molecule has 2 aliphatic rings. The maximum atomic E-state index is 15.1. The van der Waals surface area contributed by atoms with Gasteiger partial charge in [0.25, 0.3) is 5.91 Å². The van der Waals surface area contributed by atoms with Crippen molar-refractivity contribution in [3.8, 4) is 11.8 Å². The number of benzene rings is 2. The van der Waals surface area contributed by atoms with E-state index in [9.17, 15) is 10.1 Å². The summed E-state index contributed by atoms with van der Waals surface area (Å²) in [5.41, 5.74) is 1.48. The molecule has 1 saturated heterocycles. The van der Waals surface area contributed by atoms with Crippen LogP contribution < -0.4 is 20.3 Å². The first kappa shape index (κ1) is 24.7. The monoisotopic (exact) mass is 521 g/mol. The Morgan fingerprint density at radius 3 is 2.78 bits per heavy atom. The third-order valence-electron chi connectivity index (χ3n) is 6.94. The second-order valence-corrected chi connectivity index (χ2v) is 9.60. The van der Waals surface area contributed by atoms with Gasteiger partial charge in [-0.2, -0.15) is 5.26 Å². The Bertz CT molecular complexity index is 1410. The second kappa shape index (κ2) is 9.84. The van der Waals surface area contributed by atoms with Gasteiger partial charge in [0.1, 0.15) is 23.3 Å². The Labute approximate surface area is 218 Å². The number of anilines is 4. The van der Waals surface area contributed by atoms with Crippen molar-refractivity contribution in [2.75, 3.05) is 49.3 Å². The normalized spacial score (nSPS) is 16.2. The fraction of sp³-hybridized carbons (Fsp3) is 0.308. The molecule has 1 spiro atoms. The van der Waals surface area contributed by atoms with Gasteiger partial charge in [-0.25, -0.2) is 14.4 Å². The maximum absolute atomic E-state index is 15.1. The van der Waals surface area contributed by atoms with Crippen LogP contribution in [-0.4, -0.2) is 60.1 Å². The number of carbonyl (C=O) groups excluding carboxylic acids is 1. The predicted molar refractivity (Wildman–Crippen MR) is 139 cm³/mol. The fourth-order valence-corrected chi connectivity index (χ4v) is 4.78. The Balaban J connectivity index is 1.33. The molecule has 0 unspecified atom stereocenters. The first-order valence-corrected chi connectivity index (χ1v) is 12.1. The van der Waals surface area contributed by atoms with E-state index < -0.39 is 5.91 Å². The highest BCUT2D eigenvalue weighted by molar-refractivity contribution is 6.34. The number of hydrogen-bond acceptors (Lipinski definition) is 8. The van der Waals surface area contributed by atoms with Crippen LogP contribution in [0.25, 0.3) is 0 Å². The lowest BCUT2D eigenvalue weighted by molar-refractivity contribution is 0.102. The molecule has 190 valence electrons. The van der Waals surface area contributed by atoms with Crippen molar-refractivity contribution in [1.29, 1.82) is 5.26 Å². The number of aromatic nitrogens is 2. The van der Waals surface area contributed by atoms with Gasteiger partial charge in [0, 0.05) is 30.9 Å². The zero-order valence-electron chi connectivity index (χ0n) is 20.4. The van der Waals surface area contributed by atoms with E-state index in [1.165, 1.54) is 19.4 Å². The third kappa shape index (κ3) is 4.88. The molecule has 5 rings (SSSR count). The second-order valence-electron chi connectivity index (χ2n) is 9.20. The Kier molecular flexibility index (Phi) is 6.58. The van der Waals surface area contributed by atoms with E-state index in [4.69, 9.17) is 16.3 Å². The minimum atomic E-state index is -0.651. The van der Waals surface area contributed by atoms with E-state index in [-0.39, 0.29) is 39.3 Å². The number of para-hydroxylation sites is 1. The van der Waals surface area contributed by atoms with Crippen molar-refractivity contribution in [3.05, 3.63) is 64.7 Å². The highest BCUT2D eigenvalue weighted by Gasteiger charge is 2.49. The number of rotatable bonds is 6. The molecule has 11 heteroatoms. The lowest BCUT2D eigenvalue weighted by atomic mass is 10.1. The van der Waals surface area contributed by atoms with E-state index in [1.807, 2.05) is 6.07 Å². The zero-order chi connectivity index (χ0) is 26.2. The molecule has 0 atom stereocenters. The summed E-state index contributed by atoms with van der Waals surface area (Å²) in [6.45, 7) is 2.47. The van der Waals surface area contributed by atoms with E-state index in [1.54, 1.807) is 30.3 Å². The quantitative estimate of drug-likeness (QED) is 0.490. The highest BCUT2D eigenvalue weighted by Crippen LogP contribution is 2.44. The molecule has 1 amide bonds. The van der Waals surface area contributed by atoms with Gasteiger partial charge in [0.15, 0.2) is 5.69 Å². The molecule has 2 aromatic carbocycles. The van der Waals surface area contributed by atoms with Gasteiger partial charge in [0.05, 0.1) is 29.6 Å². The van der Waals surface area contributed by atoms with Crippen molar-refractivity contribution in [1.82, 2.24) is 14.9 Å². The number of piperazine rings is 1. The van der Waals surface area contributed by atoms with Crippen molar-refractivity contribution in [2.45, 2.75) is 18.4 Å². The van der Waals surface area contributed by atoms with Crippen LogP contribution in [0.15, 0.2) is 42.6 Å². The van der Waals surface area contributed by atoms with Crippen LogP contribution in [0.1, 0.15) is 28.9 Å². The molecule has 1 aromatic heterocycles. The predicted octanol–water partition coefficient (Wildman–Crippen LogP) is 4.43. The zero-order valence-corrected chi connectivity index (χ0v) is 21.1. The van der Waals surface area contributed by atoms with Crippen molar-refractivity contribution in [2.24, 2.45) is 0 Å². The summed E-state index contributed by atoms with van der Waals surface area (Å²) in [6, 6.07) is 11.7. The number of hydrogen-bond donors (Lipinski definition) is 2. The molecular formula is C26H25ClFN7O2. The van der Waals surface area contributed by atoms with E-state index in [0.717, 1.165) is 32.5 Å². The van der Waals surface area contributed by atoms with Crippen LogP contribution in [0.5, 0.6) is 5.75 Å². The number of nitrogens with one attached hydrogen (secondary N) is 2. The van der Waals surface area contributed by atoms with Gasteiger partial charge in [0.2, 0.25) is 5.95 Å². The number of carbonyl (C=O) groups is 1. The standard InChI is InChI=1S/C26H25ClFN7O2/c1-34-10-11-35(15-26(34)8-9-26)20-7-6-17(12-19(20)28)31-25-30-14-18(27)23(33-25)24(36)32-22-16(13-29)4-3-5-21(22)37-2/h3-7,12,14H,8-11,15H2,1-2H3,(H,32,36)(H,30,31,33). The summed E-state index contributed by atoms with van der Waals surface area (Å²) in [6.07, 6.45) is 3.56. The van der Waals surface area contributed by atoms with Gasteiger partial charge in [-0.1, -0.05) is 17.7 Å². The van der Waals surface area contributed by atoms with E-state index in [2.05, 4.69) is 37.4 Å². The summed E-state index contributed by atoms with van der Waals surface area (Å²) in [7, 11) is 3.57. The van der Waals surface area contributed by atoms with Crippen molar-refractivity contribution in [3.63, 3.8) is 0 Å². The maximum Gasteiger partial charge on any atom is 0.276 e. The molecule has 0 radical (unpaired) electrons. The molecule has 1 aliphatic carbocycles. The molecule has 2 fully saturated rings. The molecule has 9 nitrogen and oxygen atoms in total. The van der Waals surface area contributed by atoms with Gasteiger partial charge in [-0.3, -0.25) is 9.69 Å². The minimum Gasteiger partial charge on any atom is -0.495 e. The summed E-state index contributed by atoms with van der Waals surface area (Å²) >= 11 is 6.20. The van der Waals surface area contributed by atoms with Crippen LogP contribution in [-0.2, 0) is 0 Å². The van der Waals surface area contributed by atoms with Crippen LogP contribution in [0.3, 0.4) is 0 Å². The first-order chi connectivity index (χ1) is 17.8. The van der Waals surface area contributed by atoms with E-state index >= 15 is 4.39 Å². The topological polar surface area (TPSA) is 106 Å². The van der Waals surface area contributed by atoms with Crippen molar-refractivity contribution >= 4 is 40.5 Å². The smallest absolute Gasteiger partial charge is 0.276 e. The van der Waals surface area contributed by atoms with Gasteiger partial charge < -0.3 is 20.3 Å². The molecule has 1 saturated carbocycles. The molecule has 37 heavy (non-hydrogen) atoms. The molecular weight excluding hydrogens is 497 g/mol. The highest BCUT2D eigenvalue weighted by atomic mass is 35.5. The van der Waals surface area contributed by atoms with Gasteiger partial charge in [-0.15, -0.1) is 0 Å². The lowest BCUT2D eigenvalue weighted by Gasteiger charge is -2.41. The number of amides is 1. The minimum absolute atomic E-state index is 0.0158. The average molecular weight is 522 g/mol. The summed E-state index contributed by atoms with van der Waals surface area (Å²) in [4.78, 5) is 25.8.